The number of nitrogens with zero attached hydrogens (tertiary/aromatic N) is 3. The van der Waals surface area contributed by atoms with Gasteiger partial charge in [0.15, 0.2) is 0 Å². The lowest BCUT2D eigenvalue weighted by Gasteiger charge is -2.35. The lowest BCUT2D eigenvalue weighted by molar-refractivity contribution is -0.134. The van der Waals surface area contributed by atoms with E-state index < -0.39 is 54.0 Å². The number of hydrogen-bond acceptors (Lipinski definition) is 6. The molecule has 3 aromatic rings. The normalized spacial score (nSPS) is 22.9. The summed E-state index contributed by atoms with van der Waals surface area (Å²) in [5.74, 6) is -5.85. The number of nitriles is 1. The zero-order valence-corrected chi connectivity index (χ0v) is 24.2. The summed E-state index contributed by atoms with van der Waals surface area (Å²) in [5, 5.41) is 22.6. The molecule has 2 amide bonds. The van der Waals surface area contributed by atoms with Crippen molar-refractivity contribution in [2.24, 2.45) is 5.92 Å². The van der Waals surface area contributed by atoms with Gasteiger partial charge in [0.25, 0.3) is 5.91 Å². The Balaban J connectivity index is 1.36. The zero-order chi connectivity index (χ0) is 30.4. The smallest absolute Gasteiger partial charge is 0.253 e. The van der Waals surface area contributed by atoms with Crippen LogP contribution in [0.25, 0.3) is 21.0 Å². The van der Waals surface area contributed by atoms with Crippen molar-refractivity contribution in [2.75, 3.05) is 13.1 Å². The number of amides is 2. The van der Waals surface area contributed by atoms with E-state index in [1.54, 1.807) is 41.3 Å². The maximum absolute atomic E-state index is 14.7. The van der Waals surface area contributed by atoms with Gasteiger partial charge in [-0.25, -0.2) is 18.2 Å². The Kier molecular flexibility index (Phi) is 7.77. The van der Waals surface area contributed by atoms with Crippen molar-refractivity contribution in [3.05, 3.63) is 65.6 Å². The van der Waals surface area contributed by atoms with Crippen LogP contribution in [0.1, 0.15) is 66.9 Å². The molecule has 0 radical (unpaired) electrons. The highest BCUT2D eigenvalue weighted by Gasteiger charge is 2.51. The molecule has 3 aliphatic rings. The lowest BCUT2D eigenvalue weighted by atomic mass is 9.74. The van der Waals surface area contributed by atoms with Crippen LogP contribution in [-0.4, -0.2) is 57.5 Å². The van der Waals surface area contributed by atoms with Crippen molar-refractivity contribution in [1.29, 1.82) is 5.26 Å². The molecule has 2 aromatic carbocycles. The molecule has 2 heterocycles. The van der Waals surface area contributed by atoms with Gasteiger partial charge < -0.3 is 15.3 Å². The fraction of sp³-hybridized carbons (Fsp3) is 0.438. The van der Waals surface area contributed by atoms with E-state index in [4.69, 9.17) is 4.98 Å². The van der Waals surface area contributed by atoms with Crippen LogP contribution in [0, 0.1) is 23.1 Å². The topological polar surface area (TPSA) is 106 Å². The monoisotopic (exact) mass is 608 g/mol. The van der Waals surface area contributed by atoms with Crippen LogP contribution in [0.15, 0.2) is 48.5 Å². The summed E-state index contributed by atoms with van der Waals surface area (Å²) < 4.78 is 43.1. The minimum Gasteiger partial charge on any atom is -0.393 e. The Morgan fingerprint density at radius 3 is 2.28 bits per heavy atom. The summed E-state index contributed by atoms with van der Waals surface area (Å²) in [7, 11) is 0. The second-order valence-corrected chi connectivity index (χ2v) is 12.8. The molecule has 1 aromatic heterocycles. The fourth-order valence-corrected chi connectivity index (χ4v) is 7.12. The summed E-state index contributed by atoms with van der Waals surface area (Å²) >= 11 is 1.32. The van der Waals surface area contributed by atoms with Crippen LogP contribution in [0.2, 0.25) is 0 Å². The van der Waals surface area contributed by atoms with Crippen molar-refractivity contribution in [1.82, 2.24) is 15.2 Å². The molecule has 2 saturated carbocycles. The molecule has 1 saturated heterocycles. The van der Waals surface area contributed by atoms with Gasteiger partial charge in [-0.15, -0.1) is 11.3 Å². The molecule has 6 rings (SSSR count). The summed E-state index contributed by atoms with van der Waals surface area (Å²) in [6, 6.07) is 15.0. The fourth-order valence-electron chi connectivity index (χ4n) is 5.98. The number of carbonyl (C=O) groups excluding carboxylic acids is 2. The number of alkyl halides is 2. The predicted octanol–water partition coefficient (Wildman–Crippen LogP) is 5.90. The molecule has 3 fully saturated rings. The van der Waals surface area contributed by atoms with Crippen molar-refractivity contribution in [3.8, 4) is 27.1 Å². The Bertz CT molecular complexity index is 1560. The van der Waals surface area contributed by atoms with Gasteiger partial charge >= 0.3 is 0 Å². The van der Waals surface area contributed by atoms with Gasteiger partial charge in [0.2, 0.25) is 11.8 Å². The number of rotatable bonds is 6. The molecule has 2 aliphatic carbocycles. The van der Waals surface area contributed by atoms with Gasteiger partial charge in [-0.05, 0) is 74.1 Å². The largest absolute Gasteiger partial charge is 0.393 e. The van der Waals surface area contributed by atoms with Crippen LogP contribution < -0.4 is 5.32 Å². The standard InChI is InChI=1S/C32H31F3N4O3S/c33-22-7-5-20(6-8-22)29-37-26(24-9-12-32(34,35)17-25(24)28(41)38-31(18-36)13-14-31)27(43-29)19-1-3-21(4-2-19)30(42)39-15-10-23(40)11-16-39/h1-8,23-25,40H,9-17H2,(H,38,41)/t24-,25-/m1/s1. The second kappa shape index (κ2) is 11.4. The number of halogens is 3. The van der Waals surface area contributed by atoms with E-state index in [9.17, 15) is 33.1 Å². The van der Waals surface area contributed by atoms with E-state index >= 15 is 0 Å². The Morgan fingerprint density at radius 2 is 1.65 bits per heavy atom. The summed E-state index contributed by atoms with van der Waals surface area (Å²) in [6.07, 6.45) is 0.632. The van der Waals surface area contributed by atoms with E-state index in [0.717, 1.165) is 5.56 Å². The van der Waals surface area contributed by atoms with Gasteiger partial charge in [-0.2, -0.15) is 5.26 Å². The molecule has 2 N–H and O–H groups in total. The Labute approximate surface area is 251 Å². The number of aromatic nitrogens is 1. The van der Waals surface area contributed by atoms with E-state index in [0.29, 0.717) is 65.5 Å². The minimum atomic E-state index is -3.02. The van der Waals surface area contributed by atoms with E-state index in [2.05, 4.69) is 11.4 Å². The summed E-state index contributed by atoms with van der Waals surface area (Å²) in [5.41, 5.74) is 1.38. The average molecular weight is 609 g/mol. The number of piperidine rings is 1. The number of nitrogens with one attached hydrogen (secondary N) is 1. The molecular formula is C32H31F3N4O3S. The molecule has 7 nitrogen and oxygen atoms in total. The minimum absolute atomic E-state index is 0.0294. The second-order valence-electron chi connectivity index (χ2n) is 11.8. The number of hydrogen-bond donors (Lipinski definition) is 2. The molecule has 1 aliphatic heterocycles. The molecule has 224 valence electrons. The van der Waals surface area contributed by atoms with E-state index in [-0.39, 0.29) is 12.3 Å². The first-order valence-electron chi connectivity index (χ1n) is 14.5. The number of aliphatic hydroxyl groups is 1. The Hall–Kier alpha value is -3.75. The van der Waals surface area contributed by atoms with Crippen LogP contribution in [-0.2, 0) is 4.79 Å². The highest BCUT2D eigenvalue weighted by Crippen LogP contribution is 2.50. The quantitative estimate of drug-likeness (QED) is 0.362. The van der Waals surface area contributed by atoms with Gasteiger partial charge in [0.1, 0.15) is 16.4 Å². The Morgan fingerprint density at radius 1 is 1.00 bits per heavy atom. The highest BCUT2D eigenvalue weighted by molar-refractivity contribution is 7.18. The molecule has 43 heavy (non-hydrogen) atoms. The van der Waals surface area contributed by atoms with Gasteiger partial charge in [0, 0.05) is 43.0 Å². The highest BCUT2D eigenvalue weighted by atomic mass is 32.1. The number of likely N-dealkylation sites (tertiary alicyclic amines) is 1. The average Bonchev–Trinajstić information content (AvgIpc) is 3.64. The molecule has 0 unspecified atom stereocenters. The first kappa shape index (κ1) is 29.3. The summed E-state index contributed by atoms with van der Waals surface area (Å²) in [6.45, 7) is 0.954. The summed E-state index contributed by atoms with van der Waals surface area (Å²) in [4.78, 5) is 33.8. The maximum Gasteiger partial charge on any atom is 0.253 e. The van der Waals surface area contributed by atoms with E-state index in [1.165, 1.54) is 23.5 Å². The molecule has 0 bridgehead atoms. The number of aliphatic hydroxyl groups excluding tert-OH is 1. The predicted molar refractivity (Wildman–Crippen MR) is 155 cm³/mol. The van der Waals surface area contributed by atoms with Gasteiger partial charge in [0.05, 0.1) is 28.7 Å². The van der Waals surface area contributed by atoms with Crippen molar-refractivity contribution < 1.29 is 27.9 Å². The van der Waals surface area contributed by atoms with Crippen LogP contribution in [0.4, 0.5) is 13.2 Å². The van der Waals surface area contributed by atoms with Crippen LogP contribution >= 0.6 is 11.3 Å². The molecule has 11 heteroatoms. The third-order valence-electron chi connectivity index (χ3n) is 8.73. The van der Waals surface area contributed by atoms with Crippen LogP contribution in [0.3, 0.4) is 0 Å². The zero-order valence-electron chi connectivity index (χ0n) is 23.4. The third-order valence-corrected chi connectivity index (χ3v) is 9.90. The third kappa shape index (κ3) is 6.17. The number of carbonyl (C=O) groups is 2. The lowest BCUT2D eigenvalue weighted by Crippen LogP contribution is -2.45. The van der Waals surface area contributed by atoms with Crippen molar-refractivity contribution in [2.45, 2.75) is 68.4 Å². The van der Waals surface area contributed by atoms with Gasteiger partial charge in [-0.3, -0.25) is 9.59 Å². The van der Waals surface area contributed by atoms with Gasteiger partial charge in [-0.1, -0.05) is 12.1 Å². The molecule has 0 spiro atoms. The van der Waals surface area contributed by atoms with E-state index in [1.807, 2.05) is 0 Å². The first-order valence-corrected chi connectivity index (χ1v) is 15.3. The van der Waals surface area contributed by atoms with Crippen molar-refractivity contribution >= 4 is 23.2 Å². The van der Waals surface area contributed by atoms with Crippen molar-refractivity contribution in [3.63, 3.8) is 0 Å². The first-order chi connectivity index (χ1) is 20.6. The maximum atomic E-state index is 14.7. The SMILES string of the molecule is N#CC1(NC(=O)[C@@H]2CC(F)(F)CC[C@H]2c2nc(-c3ccc(F)cc3)sc2-c2ccc(C(=O)N3CCC(O)CC3)cc2)CC1. The number of benzene rings is 2. The molecular weight excluding hydrogens is 577 g/mol. The van der Waals surface area contributed by atoms with Crippen LogP contribution in [0.5, 0.6) is 0 Å². The number of thiazole rings is 1. The molecule has 2 atom stereocenters.